The Balaban J connectivity index is 2.34. The molecule has 0 atom stereocenters. The molecule has 0 aliphatic heterocycles. The minimum Gasteiger partial charge on any atom is -0.506 e. The monoisotopic (exact) mass is 327 g/mol. The van der Waals surface area contributed by atoms with Gasteiger partial charge in [-0.3, -0.25) is 4.79 Å². The van der Waals surface area contributed by atoms with Crippen molar-refractivity contribution in [2.75, 3.05) is 5.32 Å². The van der Waals surface area contributed by atoms with Crippen LogP contribution in [0.2, 0.25) is 0 Å². The van der Waals surface area contributed by atoms with Crippen molar-refractivity contribution in [3.8, 4) is 5.75 Å². The van der Waals surface area contributed by atoms with Gasteiger partial charge < -0.3 is 10.4 Å². The zero-order chi connectivity index (χ0) is 14.0. The normalized spacial score (nSPS) is 10.3. The van der Waals surface area contributed by atoms with Crippen LogP contribution in [0.3, 0.4) is 0 Å². The first kappa shape index (κ1) is 13.5. The van der Waals surface area contributed by atoms with Crippen molar-refractivity contribution in [3.63, 3.8) is 0 Å². The van der Waals surface area contributed by atoms with E-state index in [1.54, 1.807) is 0 Å². The topological polar surface area (TPSA) is 49.3 Å². The van der Waals surface area contributed by atoms with E-state index in [1.165, 1.54) is 24.3 Å². The summed E-state index contributed by atoms with van der Waals surface area (Å²) in [4.78, 5) is 11.8. The summed E-state index contributed by atoms with van der Waals surface area (Å²) in [5.41, 5.74) is -0.635. The largest absolute Gasteiger partial charge is 0.506 e. The third kappa shape index (κ3) is 2.90. The van der Waals surface area contributed by atoms with Crippen LogP contribution in [0.25, 0.3) is 0 Å². The van der Waals surface area contributed by atoms with Gasteiger partial charge in [-0.2, -0.15) is 0 Å². The highest BCUT2D eigenvalue weighted by atomic mass is 79.9. The SMILES string of the molecule is O=C(Nc1c(O)cccc1F)c1cc(Br)ccc1F. The number of anilines is 1. The van der Waals surface area contributed by atoms with E-state index in [4.69, 9.17) is 0 Å². The highest BCUT2D eigenvalue weighted by molar-refractivity contribution is 9.10. The van der Waals surface area contributed by atoms with Crippen molar-refractivity contribution in [3.05, 3.63) is 58.1 Å². The van der Waals surface area contributed by atoms with Crippen molar-refractivity contribution in [2.45, 2.75) is 0 Å². The zero-order valence-corrected chi connectivity index (χ0v) is 11.0. The van der Waals surface area contributed by atoms with Gasteiger partial charge in [0.1, 0.15) is 17.3 Å². The van der Waals surface area contributed by atoms with Crippen LogP contribution >= 0.6 is 15.9 Å². The number of nitrogens with one attached hydrogen (secondary N) is 1. The fraction of sp³-hybridized carbons (Fsp3) is 0. The van der Waals surface area contributed by atoms with E-state index in [1.807, 2.05) is 0 Å². The lowest BCUT2D eigenvalue weighted by molar-refractivity contribution is 0.102. The second-order valence-corrected chi connectivity index (χ2v) is 4.63. The molecular weight excluding hydrogens is 320 g/mol. The summed E-state index contributed by atoms with van der Waals surface area (Å²) in [6, 6.07) is 7.40. The van der Waals surface area contributed by atoms with E-state index < -0.39 is 23.3 Å². The van der Waals surface area contributed by atoms with E-state index in [9.17, 15) is 18.7 Å². The van der Waals surface area contributed by atoms with Gasteiger partial charge in [-0.25, -0.2) is 8.78 Å². The summed E-state index contributed by atoms with van der Waals surface area (Å²) >= 11 is 3.11. The molecule has 0 aromatic heterocycles. The van der Waals surface area contributed by atoms with Gasteiger partial charge >= 0.3 is 0 Å². The number of amides is 1. The number of phenols is 1. The molecule has 0 radical (unpaired) electrons. The molecule has 3 nitrogen and oxygen atoms in total. The van der Waals surface area contributed by atoms with Crippen molar-refractivity contribution in [2.24, 2.45) is 0 Å². The molecule has 2 aromatic rings. The van der Waals surface area contributed by atoms with Crippen molar-refractivity contribution < 1.29 is 18.7 Å². The fourth-order valence-electron chi connectivity index (χ4n) is 1.49. The van der Waals surface area contributed by atoms with Gasteiger partial charge in [0, 0.05) is 4.47 Å². The molecule has 0 fully saturated rings. The van der Waals surface area contributed by atoms with Crippen LogP contribution in [0.4, 0.5) is 14.5 Å². The average Bonchev–Trinajstić information content (AvgIpc) is 2.37. The Kier molecular flexibility index (Phi) is 3.80. The molecule has 2 aromatic carbocycles. The quantitative estimate of drug-likeness (QED) is 0.826. The molecule has 0 aliphatic carbocycles. The number of carbonyl (C=O) groups excluding carboxylic acids is 1. The van der Waals surface area contributed by atoms with Crippen LogP contribution in [-0.2, 0) is 0 Å². The molecule has 2 rings (SSSR count). The highest BCUT2D eigenvalue weighted by Gasteiger charge is 2.16. The summed E-state index contributed by atoms with van der Waals surface area (Å²) in [6.45, 7) is 0. The predicted molar refractivity (Wildman–Crippen MR) is 70.1 cm³/mol. The Morgan fingerprint density at radius 3 is 2.58 bits per heavy atom. The number of rotatable bonds is 2. The zero-order valence-electron chi connectivity index (χ0n) is 9.45. The van der Waals surface area contributed by atoms with Crippen molar-refractivity contribution in [1.29, 1.82) is 0 Å². The van der Waals surface area contributed by atoms with Crippen LogP contribution in [0, 0.1) is 11.6 Å². The summed E-state index contributed by atoms with van der Waals surface area (Å²) in [5.74, 6) is -2.82. The molecule has 19 heavy (non-hydrogen) atoms. The predicted octanol–water partition coefficient (Wildman–Crippen LogP) is 3.69. The summed E-state index contributed by atoms with van der Waals surface area (Å²) in [6.07, 6.45) is 0. The lowest BCUT2D eigenvalue weighted by atomic mass is 10.2. The molecular formula is C13H8BrF2NO2. The van der Waals surface area contributed by atoms with E-state index in [0.29, 0.717) is 4.47 Å². The molecule has 1 amide bonds. The highest BCUT2D eigenvalue weighted by Crippen LogP contribution is 2.27. The van der Waals surface area contributed by atoms with Crippen LogP contribution in [0.15, 0.2) is 40.9 Å². The van der Waals surface area contributed by atoms with E-state index >= 15 is 0 Å². The number of halogens is 3. The third-order valence-electron chi connectivity index (χ3n) is 2.40. The Labute approximate surface area is 116 Å². The minimum absolute atomic E-state index is 0.253. The Bertz CT molecular complexity index is 626. The van der Waals surface area contributed by atoms with Crippen LogP contribution in [0.1, 0.15) is 10.4 Å². The molecule has 0 aliphatic rings. The standard InChI is InChI=1S/C13H8BrF2NO2/c14-7-4-5-9(15)8(6-7)13(19)17-12-10(16)2-1-3-11(12)18/h1-6,18H,(H,17,19). The summed E-state index contributed by atoms with van der Waals surface area (Å²) in [5, 5.41) is 11.6. The molecule has 0 unspecified atom stereocenters. The maximum Gasteiger partial charge on any atom is 0.258 e. The first-order valence-electron chi connectivity index (χ1n) is 5.23. The second-order valence-electron chi connectivity index (χ2n) is 3.71. The third-order valence-corrected chi connectivity index (χ3v) is 2.90. The molecule has 0 saturated heterocycles. The Morgan fingerprint density at radius 1 is 1.16 bits per heavy atom. The first-order valence-corrected chi connectivity index (χ1v) is 6.02. The first-order chi connectivity index (χ1) is 8.99. The molecule has 98 valence electrons. The summed E-state index contributed by atoms with van der Waals surface area (Å²) < 4.78 is 27.4. The Morgan fingerprint density at radius 2 is 1.89 bits per heavy atom. The molecule has 6 heteroatoms. The lowest BCUT2D eigenvalue weighted by Crippen LogP contribution is -2.14. The van der Waals surface area contributed by atoms with Gasteiger partial charge in [0.15, 0.2) is 5.82 Å². The summed E-state index contributed by atoms with van der Waals surface area (Å²) in [7, 11) is 0. The van der Waals surface area contributed by atoms with Gasteiger partial charge in [-0.15, -0.1) is 0 Å². The second kappa shape index (κ2) is 5.36. The number of phenolic OH excluding ortho intramolecular Hbond substituents is 1. The molecule has 0 saturated carbocycles. The molecule has 0 heterocycles. The number of aromatic hydroxyl groups is 1. The number of hydrogen-bond donors (Lipinski definition) is 2. The molecule has 0 bridgehead atoms. The number of para-hydroxylation sites is 1. The van der Waals surface area contributed by atoms with Crippen LogP contribution in [0.5, 0.6) is 5.75 Å². The minimum atomic E-state index is -0.848. The number of benzene rings is 2. The Hall–Kier alpha value is -1.95. The van der Waals surface area contributed by atoms with E-state index in [0.717, 1.165) is 12.1 Å². The van der Waals surface area contributed by atoms with Gasteiger partial charge in [0.2, 0.25) is 0 Å². The van der Waals surface area contributed by atoms with Gasteiger partial charge in [-0.1, -0.05) is 22.0 Å². The van der Waals surface area contributed by atoms with Gasteiger partial charge in [0.05, 0.1) is 5.56 Å². The van der Waals surface area contributed by atoms with Crippen molar-refractivity contribution >= 4 is 27.5 Å². The maximum atomic E-state index is 13.5. The average molecular weight is 328 g/mol. The number of hydrogen-bond acceptors (Lipinski definition) is 2. The maximum absolute atomic E-state index is 13.5. The molecule has 2 N–H and O–H groups in total. The van der Waals surface area contributed by atoms with Gasteiger partial charge in [0.25, 0.3) is 5.91 Å². The van der Waals surface area contributed by atoms with Crippen LogP contribution < -0.4 is 5.32 Å². The lowest BCUT2D eigenvalue weighted by Gasteiger charge is -2.09. The van der Waals surface area contributed by atoms with Crippen molar-refractivity contribution in [1.82, 2.24) is 0 Å². The van der Waals surface area contributed by atoms with Crippen LogP contribution in [-0.4, -0.2) is 11.0 Å². The van der Waals surface area contributed by atoms with E-state index in [2.05, 4.69) is 21.2 Å². The number of carbonyl (C=O) groups is 1. The molecule has 0 spiro atoms. The van der Waals surface area contributed by atoms with Gasteiger partial charge in [-0.05, 0) is 30.3 Å². The van der Waals surface area contributed by atoms with E-state index in [-0.39, 0.29) is 11.3 Å². The smallest absolute Gasteiger partial charge is 0.258 e. The fourth-order valence-corrected chi connectivity index (χ4v) is 1.85.